The van der Waals surface area contributed by atoms with Gasteiger partial charge in [0.2, 0.25) is 0 Å². The molecule has 0 aliphatic rings. The Bertz CT molecular complexity index is 1310. The first-order valence-electron chi connectivity index (χ1n) is 13.7. The van der Waals surface area contributed by atoms with Crippen LogP contribution in [0.15, 0.2) is 66.7 Å². The van der Waals surface area contributed by atoms with Crippen LogP contribution in [0.4, 0.5) is 23.7 Å². The Kier molecular flexibility index (Phi) is 12.0. The number of hydrogen-bond donors (Lipinski definition) is 2. The number of urea groups is 1. The number of alkyl halides is 3. The summed E-state index contributed by atoms with van der Waals surface area (Å²) >= 11 is 0. The zero-order valence-electron chi connectivity index (χ0n) is 23.9. The average molecular weight is 588 g/mol. The standard InChI is InChI=1S/C31H36F3N3O5/c1-4-37(5-2)18-8-10-27(38)23-14-12-22(13-15-23)21-41-28-11-7-6-9-24(28)20-35-30(39)36-26-19-25(42-31(32,33)34)16-17-29(26)40-3/h6-7,9,11-17,19H,4-5,8,10,18,20-21H2,1-3H3,(H2,35,36,39). The number of methoxy groups -OCH3 is 1. The van der Waals surface area contributed by atoms with Gasteiger partial charge < -0.3 is 29.7 Å². The summed E-state index contributed by atoms with van der Waals surface area (Å²) in [4.78, 5) is 27.4. The number of carbonyl (C=O) groups excluding carboxylic acids is 2. The molecular weight excluding hydrogens is 551 g/mol. The van der Waals surface area contributed by atoms with Crippen LogP contribution in [0.2, 0.25) is 0 Å². The van der Waals surface area contributed by atoms with E-state index in [1.165, 1.54) is 13.2 Å². The van der Waals surface area contributed by atoms with E-state index < -0.39 is 18.1 Å². The van der Waals surface area contributed by atoms with Crippen LogP contribution in [0.25, 0.3) is 0 Å². The van der Waals surface area contributed by atoms with E-state index in [1.807, 2.05) is 12.1 Å². The summed E-state index contributed by atoms with van der Waals surface area (Å²) in [5, 5.41) is 5.15. The van der Waals surface area contributed by atoms with E-state index in [0.717, 1.165) is 43.8 Å². The minimum absolute atomic E-state index is 0.00658. The van der Waals surface area contributed by atoms with E-state index in [9.17, 15) is 22.8 Å². The highest BCUT2D eigenvalue weighted by Gasteiger charge is 2.31. The van der Waals surface area contributed by atoms with Crippen molar-refractivity contribution in [2.45, 2.75) is 46.2 Å². The molecule has 0 radical (unpaired) electrons. The summed E-state index contributed by atoms with van der Waals surface area (Å²) in [7, 11) is 1.33. The second-order valence-corrected chi connectivity index (χ2v) is 9.36. The van der Waals surface area contributed by atoms with Crippen LogP contribution in [0.3, 0.4) is 0 Å². The highest BCUT2D eigenvalue weighted by Crippen LogP contribution is 2.32. The fraction of sp³-hybridized carbons (Fsp3) is 0.355. The van der Waals surface area contributed by atoms with Crippen molar-refractivity contribution in [1.82, 2.24) is 10.2 Å². The Morgan fingerprint density at radius 3 is 2.31 bits per heavy atom. The Balaban J connectivity index is 1.53. The molecule has 0 spiro atoms. The maximum Gasteiger partial charge on any atom is 0.573 e. The first-order chi connectivity index (χ1) is 20.1. The molecular formula is C31H36F3N3O5. The fourth-order valence-electron chi connectivity index (χ4n) is 4.21. The zero-order chi connectivity index (χ0) is 30.5. The molecule has 0 saturated carbocycles. The van der Waals surface area contributed by atoms with Gasteiger partial charge in [0.25, 0.3) is 0 Å². The number of rotatable bonds is 15. The minimum Gasteiger partial charge on any atom is -0.495 e. The van der Waals surface area contributed by atoms with Crippen LogP contribution in [-0.4, -0.2) is 49.8 Å². The van der Waals surface area contributed by atoms with Gasteiger partial charge in [0.15, 0.2) is 5.78 Å². The third kappa shape index (κ3) is 10.3. The molecule has 3 aromatic carbocycles. The van der Waals surface area contributed by atoms with E-state index >= 15 is 0 Å². The highest BCUT2D eigenvalue weighted by atomic mass is 19.4. The Morgan fingerprint density at radius 1 is 0.929 bits per heavy atom. The number of para-hydroxylation sites is 1. The maximum atomic E-state index is 12.6. The van der Waals surface area contributed by atoms with Crippen molar-refractivity contribution in [1.29, 1.82) is 0 Å². The lowest BCUT2D eigenvalue weighted by molar-refractivity contribution is -0.274. The lowest BCUT2D eigenvalue weighted by atomic mass is 10.0. The molecule has 0 unspecified atom stereocenters. The van der Waals surface area contributed by atoms with Crippen LogP contribution in [-0.2, 0) is 13.2 Å². The van der Waals surface area contributed by atoms with Crippen LogP contribution < -0.4 is 24.8 Å². The maximum absolute atomic E-state index is 12.6. The second kappa shape index (κ2) is 15.7. The molecule has 3 rings (SSSR count). The summed E-state index contributed by atoms with van der Waals surface area (Å²) in [6, 6.07) is 17.2. The van der Waals surface area contributed by atoms with Crippen molar-refractivity contribution in [2.75, 3.05) is 32.1 Å². The monoisotopic (exact) mass is 587 g/mol. The smallest absolute Gasteiger partial charge is 0.495 e. The number of hydrogen-bond acceptors (Lipinski definition) is 6. The molecule has 42 heavy (non-hydrogen) atoms. The molecule has 0 fully saturated rings. The number of ketones is 1. The van der Waals surface area contributed by atoms with Crippen molar-refractivity contribution in [2.24, 2.45) is 0 Å². The topological polar surface area (TPSA) is 89.1 Å². The third-order valence-electron chi connectivity index (χ3n) is 6.51. The number of nitrogens with zero attached hydrogens (tertiary/aromatic N) is 1. The molecule has 11 heteroatoms. The normalized spacial score (nSPS) is 11.2. The zero-order valence-corrected chi connectivity index (χ0v) is 23.9. The minimum atomic E-state index is -4.87. The molecule has 3 aromatic rings. The summed E-state index contributed by atoms with van der Waals surface area (Å²) in [5.41, 5.74) is 2.24. The molecule has 226 valence electrons. The Morgan fingerprint density at radius 2 is 1.64 bits per heavy atom. The molecule has 8 nitrogen and oxygen atoms in total. The Labute approximate surface area is 243 Å². The van der Waals surface area contributed by atoms with Gasteiger partial charge in [-0.3, -0.25) is 4.79 Å². The number of carbonyl (C=O) groups is 2. The number of halogens is 3. The van der Waals surface area contributed by atoms with E-state index in [1.54, 1.807) is 36.4 Å². The first-order valence-corrected chi connectivity index (χ1v) is 13.7. The van der Waals surface area contributed by atoms with E-state index in [-0.39, 0.29) is 30.4 Å². The fourth-order valence-corrected chi connectivity index (χ4v) is 4.21. The summed E-state index contributed by atoms with van der Waals surface area (Å²) < 4.78 is 52.8. The van der Waals surface area contributed by atoms with Crippen LogP contribution in [0.1, 0.15) is 48.2 Å². The third-order valence-corrected chi connectivity index (χ3v) is 6.51. The van der Waals surface area contributed by atoms with Gasteiger partial charge in [-0.15, -0.1) is 13.2 Å². The largest absolute Gasteiger partial charge is 0.573 e. The second-order valence-electron chi connectivity index (χ2n) is 9.36. The van der Waals surface area contributed by atoms with Gasteiger partial charge in [0.1, 0.15) is 23.9 Å². The number of Topliss-reactive ketones (excluding diaryl/α,β-unsaturated/α-hetero) is 1. The molecule has 0 bridgehead atoms. The number of benzene rings is 3. The highest BCUT2D eigenvalue weighted by molar-refractivity contribution is 5.96. The van der Waals surface area contributed by atoms with Gasteiger partial charge in [-0.1, -0.05) is 56.3 Å². The SMILES string of the molecule is CCN(CC)CCCC(=O)c1ccc(COc2ccccc2CNC(=O)Nc2cc(OC(F)(F)F)ccc2OC)cc1. The quantitative estimate of drug-likeness (QED) is 0.190. The number of nitrogens with one attached hydrogen (secondary N) is 2. The lowest BCUT2D eigenvalue weighted by Gasteiger charge is -2.17. The molecule has 0 saturated heterocycles. The lowest BCUT2D eigenvalue weighted by Crippen LogP contribution is -2.28. The molecule has 0 aliphatic heterocycles. The van der Waals surface area contributed by atoms with Crippen molar-refractivity contribution in [3.63, 3.8) is 0 Å². The molecule has 2 amide bonds. The van der Waals surface area contributed by atoms with E-state index in [4.69, 9.17) is 9.47 Å². The summed E-state index contributed by atoms with van der Waals surface area (Å²) in [6.45, 7) is 7.41. The van der Waals surface area contributed by atoms with Crippen molar-refractivity contribution in [3.8, 4) is 17.2 Å². The van der Waals surface area contributed by atoms with Gasteiger partial charge in [-0.25, -0.2) is 4.79 Å². The van der Waals surface area contributed by atoms with Crippen LogP contribution in [0.5, 0.6) is 17.2 Å². The van der Waals surface area contributed by atoms with E-state index in [2.05, 4.69) is 34.1 Å². The predicted molar refractivity (Wildman–Crippen MR) is 154 cm³/mol. The molecule has 2 N–H and O–H groups in total. The van der Waals surface area contributed by atoms with Gasteiger partial charge >= 0.3 is 12.4 Å². The van der Waals surface area contributed by atoms with Crippen molar-refractivity contribution >= 4 is 17.5 Å². The Hall–Kier alpha value is -4.25. The average Bonchev–Trinajstić information content (AvgIpc) is 2.97. The van der Waals surface area contributed by atoms with Crippen LogP contribution >= 0.6 is 0 Å². The predicted octanol–water partition coefficient (Wildman–Crippen LogP) is 6.80. The van der Waals surface area contributed by atoms with Crippen LogP contribution in [0, 0.1) is 0 Å². The summed E-state index contributed by atoms with van der Waals surface area (Å²) in [6.07, 6.45) is -3.55. The van der Waals surface area contributed by atoms with Crippen molar-refractivity contribution < 1.29 is 37.0 Å². The molecule has 0 heterocycles. The van der Waals surface area contributed by atoms with Gasteiger partial charge in [-0.05, 0) is 49.8 Å². The number of amides is 2. The van der Waals surface area contributed by atoms with Gasteiger partial charge in [0, 0.05) is 30.2 Å². The number of ether oxygens (including phenoxy) is 3. The van der Waals surface area contributed by atoms with E-state index in [0.29, 0.717) is 23.3 Å². The summed E-state index contributed by atoms with van der Waals surface area (Å²) in [5.74, 6) is 0.329. The van der Waals surface area contributed by atoms with Gasteiger partial charge in [-0.2, -0.15) is 0 Å². The molecule has 0 aliphatic carbocycles. The van der Waals surface area contributed by atoms with Gasteiger partial charge in [0.05, 0.1) is 12.8 Å². The van der Waals surface area contributed by atoms with Crippen molar-refractivity contribution in [3.05, 3.63) is 83.4 Å². The number of anilines is 1. The first kappa shape index (κ1) is 32.3. The molecule has 0 atom stereocenters. The molecule has 0 aromatic heterocycles.